The van der Waals surface area contributed by atoms with Gasteiger partial charge < -0.3 is 9.16 Å². The highest BCUT2D eigenvalue weighted by molar-refractivity contribution is 6.74. The van der Waals surface area contributed by atoms with Gasteiger partial charge in [0.15, 0.2) is 8.32 Å². The molecular weight excluding hydrogens is 324 g/mol. The minimum atomic E-state index is -1.70. The third-order valence-electron chi connectivity index (χ3n) is 5.21. The highest BCUT2D eigenvalue weighted by atomic mass is 28.4. The summed E-state index contributed by atoms with van der Waals surface area (Å²) in [6.45, 7) is 12.2. The lowest BCUT2D eigenvalue weighted by molar-refractivity contribution is 0.276. The minimum absolute atomic E-state index is 0.246. The zero-order valence-corrected chi connectivity index (χ0v) is 17.6. The van der Waals surface area contributed by atoms with Crippen LogP contribution in [0.4, 0.5) is 0 Å². The molecule has 0 atom stereocenters. The fraction of sp³-hybridized carbons (Fsp3) is 0.455. The van der Waals surface area contributed by atoms with Crippen molar-refractivity contribution < 1.29 is 9.16 Å². The zero-order chi connectivity index (χ0) is 18.5. The van der Waals surface area contributed by atoms with Crippen molar-refractivity contribution in [1.29, 1.82) is 0 Å². The van der Waals surface area contributed by atoms with E-state index in [4.69, 9.17) is 9.16 Å². The predicted octanol–water partition coefficient (Wildman–Crippen LogP) is 6.45. The number of benzene rings is 2. The Morgan fingerprint density at radius 2 is 1.56 bits per heavy atom. The van der Waals surface area contributed by atoms with Crippen LogP contribution in [0.1, 0.15) is 38.3 Å². The molecule has 0 heterocycles. The molecule has 0 fully saturated rings. The van der Waals surface area contributed by atoms with Gasteiger partial charge in [0.2, 0.25) is 0 Å². The third kappa shape index (κ3) is 5.45. The second-order valence-electron chi connectivity index (χ2n) is 8.21. The van der Waals surface area contributed by atoms with Crippen LogP contribution in [0.3, 0.4) is 0 Å². The van der Waals surface area contributed by atoms with E-state index in [1.165, 1.54) is 21.9 Å². The van der Waals surface area contributed by atoms with Crippen LogP contribution in [0.15, 0.2) is 48.7 Å². The van der Waals surface area contributed by atoms with Crippen molar-refractivity contribution in [2.45, 2.75) is 58.4 Å². The van der Waals surface area contributed by atoms with Crippen LogP contribution in [-0.2, 0) is 22.2 Å². The Hall–Kier alpha value is -1.58. The number of allylic oxidation sites excluding steroid dienone is 1. The van der Waals surface area contributed by atoms with Crippen molar-refractivity contribution in [3.05, 3.63) is 59.9 Å². The number of hydrogen-bond acceptors (Lipinski definition) is 2. The van der Waals surface area contributed by atoms with Crippen LogP contribution in [0.2, 0.25) is 18.1 Å². The van der Waals surface area contributed by atoms with E-state index in [0.717, 1.165) is 12.8 Å². The number of methoxy groups -OCH3 is 1. The molecule has 2 aromatic carbocycles. The maximum Gasteiger partial charge on any atom is 0.192 e. The van der Waals surface area contributed by atoms with Crippen molar-refractivity contribution in [2.24, 2.45) is 0 Å². The van der Waals surface area contributed by atoms with Gasteiger partial charge in [-0.15, -0.1) is 0 Å². The average Bonchev–Trinajstić information content (AvgIpc) is 2.56. The summed E-state index contributed by atoms with van der Waals surface area (Å²) in [6.07, 6.45) is 5.84. The summed E-state index contributed by atoms with van der Waals surface area (Å²) in [7, 11) is -0.0232. The summed E-state index contributed by atoms with van der Waals surface area (Å²) in [4.78, 5) is 0. The van der Waals surface area contributed by atoms with Crippen LogP contribution in [-0.4, -0.2) is 15.4 Å². The Balaban J connectivity index is 2.06. The number of fused-ring (bicyclic) bond motifs is 1. The first-order valence-corrected chi connectivity index (χ1v) is 12.0. The molecule has 136 valence electrons. The van der Waals surface area contributed by atoms with Crippen LogP contribution >= 0.6 is 0 Å². The monoisotopic (exact) mass is 356 g/mol. The first-order valence-electron chi connectivity index (χ1n) is 9.06. The third-order valence-corrected chi connectivity index (χ3v) is 9.69. The van der Waals surface area contributed by atoms with E-state index in [1.54, 1.807) is 13.4 Å². The first kappa shape index (κ1) is 19.7. The van der Waals surface area contributed by atoms with E-state index < -0.39 is 8.32 Å². The summed E-state index contributed by atoms with van der Waals surface area (Å²) < 4.78 is 11.3. The van der Waals surface area contributed by atoms with E-state index in [9.17, 15) is 0 Å². The van der Waals surface area contributed by atoms with Crippen molar-refractivity contribution in [3.8, 4) is 0 Å². The molecule has 0 saturated heterocycles. The second-order valence-corrected chi connectivity index (χ2v) is 13.0. The largest absolute Gasteiger partial charge is 0.505 e. The molecule has 0 saturated carbocycles. The summed E-state index contributed by atoms with van der Waals surface area (Å²) in [5.41, 5.74) is 2.62. The molecule has 0 amide bonds. The van der Waals surface area contributed by atoms with Gasteiger partial charge in [0.25, 0.3) is 0 Å². The van der Waals surface area contributed by atoms with Crippen LogP contribution in [0, 0.1) is 0 Å². The Bertz CT molecular complexity index is 726. The van der Waals surface area contributed by atoms with Crippen molar-refractivity contribution in [3.63, 3.8) is 0 Å². The van der Waals surface area contributed by atoms with Gasteiger partial charge in [0.1, 0.15) is 0 Å². The second kappa shape index (κ2) is 8.20. The Labute approximate surface area is 154 Å². The molecule has 3 heteroatoms. The summed E-state index contributed by atoms with van der Waals surface area (Å²) in [6, 6.07) is 13.4. The van der Waals surface area contributed by atoms with Crippen LogP contribution in [0.25, 0.3) is 10.8 Å². The molecular formula is C22H32O2Si. The Morgan fingerprint density at radius 1 is 0.960 bits per heavy atom. The fourth-order valence-corrected chi connectivity index (χ4v) is 3.45. The van der Waals surface area contributed by atoms with Crippen molar-refractivity contribution >= 4 is 19.1 Å². The standard InChI is InChI=1S/C22H32O2Si/c1-22(2,3)25(5,6)24-17-19-11-13-20-15-18(9-7-8-14-23-4)10-12-21(20)16-19/h8,10-16H,7,9,17H2,1-6H3. The van der Waals surface area contributed by atoms with E-state index in [-0.39, 0.29) is 5.04 Å². The lowest BCUT2D eigenvalue weighted by Gasteiger charge is -2.36. The molecule has 25 heavy (non-hydrogen) atoms. The number of hydrogen-bond donors (Lipinski definition) is 0. The molecule has 0 aliphatic carbocycles. The topological polar surface area (TPSA) is 18.5 Å². The van der Waals surface area contributed by atoms with Crippen molar-refractivity contribution in [1.82, 2.24) is 0 Å². The van der Waals surface area contributed by atoms with Gasteiger partial charge in [-0.3, -0.25) is 0 Å². The maximum atomic E-state index is 6.35. The van der Waals surface area contributed by atoms with E-state index in [2.05, 4.69) is 76.3 Å². The van der Waals surface area contributed by atoms with Crippen molar-refractivity contribution in [2.75, 3.05) is 7.11 Å². The van der Waals surface area contributed by atoms with E-state index in [1.807, 2.05) is 0 Å². The van der Waals surface area contributed by atoms with Crippen LogP contribution in [0.5, 0.6) is 0 Å². The average molecular weight is 357 g/mol. The van der Waals surface area contributed by atoms with Gasteiger partial charge in [0, 0.05) is 0 Å². The lowest BCUT2D eigenvalue weighted by Crippen LogP contribution is -2.40. The molecule has 0 N–H and O–H groups in total. The number of aryl methyl sites for hydroxylation is 1. The molecule has 0 aliphatic heterocycles. The highest BCUT2D eigenvalue weighted by Gasteiger charge is 2.36. The molecule has 0 bridgehead atoms. The molecule has 0 aromatic heterocycles. The predicted molar refractivity (Wildman–Crippen MR) is 110 cm³/mol. The normalized spacial score (nSPS) is 12.9. The Kier molecular flexibility index (Phi) is 6.47. The molecule has 2 nitrogen and oxygen atoms in total. The molecule has 0 aliphatic rings. The minimum Gasteiger partial charge on any atom is -0.505 e. The lowest BCUT2D eigenvalue weighted by atomic mass is 10.0. The van der Waals surface area contributed by atoms with Gasteiger partial charge in [0.05, 0.1) is 20.0 Å². The summed E-state index contributed by atoms with van der Waals surface area (Å²) in [5.74, 6) is 0. The Morgan fingerprint density at radius 3 is 2.16 bits per heavy atom. The van der Waals surface area contributed by atoms with Gasteiger partial charge in [-0.25, -0.2) is 0 Å². The first-order chi connectivity index (χ1) is 11.7. The molecule has 0 radical (unpaired) electrons. The number of ether oxygens (including phenoxy) is 1. The van der Waals surface area contributed by atoms with Gasteiger partial charge in [-0.1, -0.05) is 51.1 Å². The van der Waals surface area contributed by atoms with E-state index >= 15 is 0 Å². The summed E-state index contributed by atoms with van der Waals surface area (Å²) in [5, 5.41) is 2.83. The zero-order valence-electron chi connectivity index (χ0n) is 16.6. The molecule has 2 rings (SSSR count). The quantitative estimate of drug-likeness (QED) is 0.419. The highest BCUT2D eigenvalue weighted by Crippen LogP contribution is 2.37. The van der Waals surface area contributed by atoms with Gasteiger partial charge >= 0.3 is 0 Å². The number of rotatable bonds is 7. The molecule has 0 unspecified atom stereocenters. The smallest absolute Gasteiger partial charge is 0.192 e. The summed E-state index contributed by atoms with van der Waals surface area (Å²) >= 11 is 0. The van der Waals surface area contributed by atoms with Crippen LogP contribution < -0.4 is 0 Å². The molecule has 0 spiro atoms. The van der Waals surface area contributed by atoms with E-state index in [0.29, 0.717) is 6.61 Å². The molecule has 2 aromatic rings. The fourth-order valence-electron chi connectivity index (χ4n) is 2.48. The van der Waals surface area contributed by atoms with Gasteiger partial charge in [-0.05, 0) is 65.0 Å². The maximum absolute atomic E-state index is 6.35. The SMILES string of the molecule is COC=CCCc1ccc2cc(CO[Si](C)(C)C(C)(C)C)ccc2c1. The van der Waals surface area contributed by atoms with Gasteiger partial charge in [-0.2, -0.15) is 0 Å².